The second-order valence-corrected chi connectivity index (χ2v) is 6.74. The number of hydrogen-bond donors (Lipinski definition) is 3. The van der Waals surface area contributed by atoms with Gasteiger partial charge in [-0.1, -0.05) is 12.1 Å². The van der Waals surface area contributed by atoms with Crippen molar-refractivity contribution in [3.63, 3.8) is 0 Å². The van der Waals surface area contributed by atoms with Crippen LogP contribution in [0.5, 0.6) is 5.88 Å². The molecule has 118 valence electrons. The van der Waals surface area contributed by atoms with Crippen LogP contribution >= 0.6 is 0 Å². The zero-order valence-electron chi connectivity index (χ0n) is 12.3. The van der Waals surface area contributed by atoms with E-state index in [0.717, 1.165) is 16.5 Å². The summed E-state index contributed by atoms with van der Waals surface area (Å²) in [7, 11) is -3.72. The van der Waals surface area contributed by atoms with Crippen molar-refractivity contribution in [3.8, 4) is 5.88 Å². The number of fused-ring (bicyclic) bond motifs is 1. The van der Waals surface area contributed by atoms with Gasteiger partial charge >= 0.3 is 0 Å². The first-order chi connectivity index (χ1) is 10.9. The number of aliphatic imine (C=N–C) groups is 1. The first-order valence-corrected chi connectivity index (χ1v) is 8.38. The minimum absolute atomic E-state index is 0.0298. The number of rotatable bonds is 3. The Morgan fingerprint density at radius 1 is 1.17 bits per heavy atom. The third kappa shape index (κ3) is 2.96. The predicted molar refractivity (Wildman–Crippen MR) is 89.8 cm³/mol. The first-order valence-electron chi connectivity index (χ1n) is 6.83. The van der Waals surface area contributed by atoms with Gasteiger partial charge in [0.25, 0.3) is 0 Å². The van der Waals surface area contributed by atoms with Crippen molar-refractivity contribution in [1.29, 1.82) is 0 Å². The van der Waals surface area contributed by atoms with Crippen LogP contribution in [0.15, 0.2) is 52.4 Å². The van der Waals surface area contributed by atoms with Crippen molar-refractivity contribution >= 4 is 32.8 Å². The van der Waals surface area contributed by atoms with E-state index in [4.69, 9.17) is 5.14 Å². The van der Waals surface area contributed by atoms with Gasteiger partial charge in [-0.25, -0.2) is 13.6 Å². The molecule has 6 nitrogen and oxygen atoms in total. The second-order valence-electron chi connectivity index (χ2n) is 5.18. The quantitative estimate of drug-likeness (QED) is 0.642. The molecule has 3 rings (SSSR count). The van der Waals surface area contributed by atoms with Gasteiger partial charge in [0.1, 0.15) is 0 Å². The Balaban J connectivity index is 1.99. The molecule has 0 radical (unpaired) electrons. The van der Waals surface area contributed by atoms with E-state index in [1.165, 1.54) is 12.1 Å². The molecular formula is C16H15N3O3S. The Morgan fingerprint density at radius 2 is 1.87 bits per heavy atom. The van der Waals surface area contributed by atoms with Crippen LogP contribution in [0, 0.1) is 6.92 Å². The lowest BCUT2D eigenvalue weighted by Crippen LogP contribution is -2.11. The maximum atomic E-state index is 11.2. The van der Waals surface area contributed by atoms with E-state index in [0.29, 0.717) is 11.3 Å². The minimum Gasteiger partial charge on any atom is -0.494 e. The lowest BCUT2D eigenvalue weighted by molar-refractivity contribution is 0.457. The Labute approximate surface area is 133 Å². The average molecular weight is 329 g/mol. The predicted octanol–water partition coefficient (Wildman–Crippen LogP) is 2.58. The second kappa shape index (κ2) is 5.53. The molecule has 0 spiro atoms. The van der Waals surface area contributed by atoms with Gasteiger partial charge in [-0.2, -0.15) is 0 Å². The normalized spacial score (nSPS) is 12.3. The number of nitrogens with two attached hydrogens (primary N) is 1. The molecule has 0 aliphatic heterocycles. The third-order valence-corrected chi connectivity index (χ3v) is 4.49. The number of aromatic nitrogens is 1. The van der Waals surface area contributed by atoms with E-state index in [2.05, 4.69) is 9.98 Å². The van der Waals surface area contributed by atoms with Crippen LogP contribution in [0.2, 0.25) is 0 Å². The summed E-state index contributed by atoms with van der Waals surface area (Å²) in [6.45, 7) is 1.95. The zero-order valence-corrected chi connectivity index (χ0v) is 13.1. The highest BCUT2D eigenvalue weighted by Gasteiger charge is 2.11. The first kappa shape index (κ1) is 15.3. The minimum atomic E-state index is -3.72. The zero-order chi connectivity index (χ0) is 16.6. The molecule has 1 aromatic heterocycles. The van der Waals surface area contributed by atoms with Crippen molar-refractivity contribution in [2.45, 2.75) is 11.8 Å². The highest BCUT2D eigenvalue weighted by molar-refractivity contribution is 7.89. The van der Waals surface area contributed by atoms with Crippen LogP contribution in [0.1, 0.15) is 11.1 Å². The molecule has 3 aromatic rings. The highest BCUT2D eigenvalue weighted by Crippen LogP contribution is 2.28. The number of primary sulfonamides is 1. The summed E-state index contributed by atoms with van der Waals surface area (Å²) in [6, 6.07) is 11.6. The van der Waals surface area contributed by atoms with E-state index < -0.39 is 10.0 Å². The SMILES string of the molecule is Cc1cccc2[nH]c(O)c(C=Nc3ccc(S(N)(=O)=O)cc3)c12. The lowest BCUT2D eigenvalue weighted by atomic mass is 10.1. The number of aromatic amines is 1. The molecule has 7 heteroatoms. The van der Waals surface area contributed by atoms with E-state index >= 15 is 0 Å². The molecule has 23 heavy (non-hydrogen) atoms. The summed E-state index contributed by atoms with van der Waals surface area (Å²) in [5.74, 6) is 0.0409. The molecular weight excluding hydrogens is 314 g/mol. The Morgan fingerprint density at radius 3 is 2.52 bits per heavy atom. The van der Waals surface area contributed by atoms with Crippen molar-refractivity contribution < 1.29 is 13.5 Å². The Kier molecular flexibility index (Phi) is 3.67. The molecule has 2 aromatic carbocycles. The molecule has 0 saturated carbocycles. The van der Waals surface area contributed by atoms with Gasteiger partial charge in [0.2, 0.25) is 10.0 Å². The summed E-state index contributed by atoms with van der Waals surface area (Å²) in [5, 5.41) is 16.0. The van der Waals surface area contributed by atoms with Gasteiger partial charge in [-0.05, 0) is 42.8 Å². The maximum absolute atomic E-state index is 11.2. The van der Waals surface area contributed by atoms with Crippen LogP contribution in [0.25, 0.3) is 10.9 Å². The van der Waals surface area contributed by atoms with Crippen LogP contribution in [0.4, 0.5) is 5.69 Å². The van der Waals surface area contributed by atoms with Crippen LogP contribution in [-0.2, 0) is 10.0 Å². The topological polar surface area (TPSA) is 109 Å². The molecule has 0 unspecified atom stereocenters. The number of H-pyrrole nitrogens is 1. The smallest absolute Gasteiger partial charge is 0.238 e. The molecule has 4 N–H and O–H groups in total. The fourth-order valence-corrected chi connectivity index (χ4v) is 2.94. The molecule has 0 fully saturated rings. The van der Waals surface area contributed by atoms with Crippen LogP contribution in [-0.4, -0.2) is 24.7 Å². The van der Waals surface area contributed by atoms with E-state index in [1.54, 1.807) is 18.3 Å². The number of nitrogens with one attached hydrogen (secondary N) is 1. The molecule has 0 saturated heterocycles. The van der Waals surface area contributed by atoms with Crippen LogP contribution < -0.4 is 5.14 Å². The van der Waals surface area contributed by atoms with E-state index in [1.807, 2.05) is 25.1 Å². The number of benzene rings is 2. The van der Waals surface area contributed by atoms with Gasteiger partial charge < -0.3 is 10.1 Å². The Hall–Kier alpha value is -2.64. The standard InChI is InChI=1S/C16H15N3O3S/c1-10-3-2-4-14-15(10)13(16(20)19-14)9-18-11-5-7-12(8-6-11)23(17,21)22/h2-9,19-20H,1H3,(H2,17,21,22). The van der Waals surface area contributed by atoms with Gasteiger partial charge in [-0.15, -0.1) is 0 Å². The van der Waals surface area contributed by atoms with Crippen molar-refractivity contribution in [3.05, 3.63) is 53.6 Å². The van der Waals surface area contributed by atoms with Crippen molar-refractivity contribution in [1.82, 2.24) is 4.98 Å². The fourth-order valence-electron chi connectivity index (χ4n) is 2.43. The summed E-state index contributed by atoms with van der Waals surface area (Å²) in [4.78, 5) is 7.21. The van der Waals surface area contributed by atoms with Gasteiger partial charge in [0.15, 0.2) is 5.88 Å². The molecule has 0 aliphatic carbocycles. The van der Waals surface area contributed by atoms with Gasteiger partial charge in [0, 0.05) is 17.1 Å². The molecule has 1 heterocycles. The number of aromatic hydroxyl groups is 1. The number of sulfonamides is 1. The summed E-state index contributed by atoms with van der Waals surface area (Å²) >= 11 is 0. The van der Waals surface area contributed by atoms with E-state index in [9.17, 15) is 13.5 Å². The number of hydrogen-bond acceptors (Lipinski definition) is 4. The van der Waals surface area contributed by atoms with Crippen molar-refractivity contribution in [2.75, 3.05) is 0 Å². The third-order valence-electron chi connectivity index (χ3n) is 3.56. The molecule has 0 atom stereocenters. The number of nitrogens with zero attached hydrogens (tertiary/aromatic N) is 1. The molecule has 0 bridgehead atoms. The van der Waals surface area contributed by atoms with Crippen molar-refractivity contribution in [2.24, 2.45) is 10.1 Å². The monoisotopic (exact) mass is 329 g/mol. The lowest BCUT2D eigenvalue weighted by Gasteiger charge is -1.99. The maximum Gasteiger partial charge on any atom is 0.238 e. The van der Waals surface area contributed by atoms with Gasteiger partial charge in [0.05, 0.1) is 16.1 Å². The average Bonchev–Trinajstić information content (AvgIpc) is 2.81. The molecule has 0 aliphatic rings. The summed E-state index contributed by atoms with van der Waals surface area (Å²) in [6.07, 6.45) is 1.55. The highest BCUT2D eigenvalue weighted by atomic mass is 32.2. The number of aryl methyl sites for hydroxylation is 1. The fraction of sp³-hybridized carbons (Fsp3) is 0.0625. The summed E-state index contributed by atoms with van der Waals surface area (Å²) in [5.41, 5.74) is 2.99. The summed E-state index contributed by atoms with van der Waals surface area (Å²) < 4.78 is 22.4. The largest absolute Gasteiger partial charge is 0.494 e. The van der Waals surface area contributed by atoms with Gasteiger partial charge in [-0.3, -0.25) is 4.99 Å². The van der Waals surface area contributed by atoms with E-state index in [-0.39, 0.29) is 10.8 Å². The van der Waals surface area contributed by atoms with Crippen LogP contribution in [0.3, 0.4) is 0 Å². The molecule has 0 amide bonds. The Bertz CT molecular complexity index is 1000.